The average molecular weight is 208 g/mol. The highest BCUT2D eigenvalue weighted by atomic mass is 19.4. The summed E-state index contributed by atoms with van der Waals surface area (Å²) in [4.78, 5) is 4.19. The molecule has 1 aromatic rings. The molecule has 0 atom stereocenters. The lowest BCUT2D eigenvalue weighted by molar-refractivity contribution is -0.439. The van der Waals surface area contributed by atoms with Crippen LogP contribution < -0.4 is 4.89 Å². The summed E-state index contributed by atoms with van der Waals surface area (Å²) in [6.45, 7) is 1.41. The third kappa shape index (κ3) is 2.36. The Morgan fingerprint density at radius 1 is 1.29 bits per heavy atom. The second-order valence-corrected chi connectivity index (χ2v) is 2.64. The fourth-order valence-corrected chi connectivity index (χ4v) is 0.959. The Balaban J connectivity index is 3.01. The van der Waals surface area contributed by atoms with Crippen LogP contribution in [-0.2, 0) is 11.2 Å². The summed E-state index contributed by atoms with van der Waals surface area (Å²) < 4.78 is 36.5. The smallest absolute Gasteiger partial charge is 0.308 e. The first-order chi connectivity index (χ1) is 6.45. The van der Waals surface area contributed by atoms with E-state index in [1.165, 1.54) is 6.92 Å². The second kappa shape index (κ2) is 3.85. The fourth-order valence-electron chi connectivity index (χ4n) is 0.959. The molecule has 0 saturated heterocycles. The van der Waals surface area contributed by atoms with Crippen LogP contribution in [0.15, 0.2) is 18.2 Å². The number of rotatable bonds is 2. The maximum Gasteiger partial charge on any atom is 0.416 e. The Kier molecular flexibility index (Phi) is 2.97. The molecule has 0 aromatic heterocycles. The van der Waals surface area contributed by atoms with Crippen molar-refractivity contribution in [1.82, 2.24) is 0 Å². The predicted octanol–water partition coefficient (Wildman–Crippen LogP) is 2.80. The van der Waals surface area contributed by atoms with Crippen molar-refractivity contribution in [3.8, 4) is 5.75 Å². The van der Waals surface area contributed by atoms with Gasteiger partial charge in [-0.05, 0) is 35.7 Å². The molecule has 3 nitrogen and oxygen atoms in total. The van der Waals surface area contributed by atoms with E-state index in [0.717, 1.165) is 18.2 Å². The number of alkyl halides is 3. The van der Waals surface area contributed by atoms with Gasteiger partial charge < -0.3 is 4.89 Å². The van der Waals surface area contributed by atoms with Crippen molar-refractivity contribution in [2.24, 2.45) is 0 Å². The fraction of sp³-hybridized carbons (Fsp3) is 0.250. The van der Waals surface area contributed by atoms with Gasteiger partial charge in [-0.1, -0.05) is 0 Å². The zero-order valence-corrected chi connectivity index (χ0v) is 7.13. The Hall–Kier alpha value is -1.27. The number of hydrogen-bond donors (Lipinski definition) is 1. The Bertz CT molecular complexity index is 322. The van der Waals surface area contributed by atoms with E-state index in [9.17, 15) is 13.2 Å². The summed E-state index contributed by atoms with van der Waals surface area (Å²) in [6, 6.07) is 2.80. The van der Waals surface area contributed by atoms with Gasteiger partial charge in [0.15, 0.2) is 5.75 Å². The summed E-state index contributed by atoms with van der Waals surface area (Å²) in [5.74, 6) is 0.0282. The van der Waals surface area contributed by atoms with E-state index in [4.69, 9.17) is 5.26 Å². The topological polar surface area (TPSA) is 38.7 Å². The third-order valence-electron chi connectivity index (χ3n) is 1.63. The average Bonchev–Trinajstić information content (AvgIpc) is 2.07. The molecule has 0 aliphatic rings. The molecule has 1 N–H and O–H groups in total. The lowest BCUT2D eigenvalue weighted by Crippen LogP contribution is -2.05. The summed E-state index contributed by atoms with van der Waals surface area (Å²) in [6.07, 6.45) is -4.39. The number of aryl methyl sites for hydroxylation is 1. The van der Waals surface area contributed by atoms with E-state index < -0.39 is 11.7 Å². The summed E-state index contributed by atoms with van der Waals surface area (Å²) in [5.41, 5.74) is -0.561. The van der Waals surface area contributed by atoms with Crippen molar-refractivity contribution in [2.75, 3.05) is 0 Å². The van der Waals surface area contributed by atoms with E-state index in [1.807, 2.05) is 0 Å². The molecule has 6 heteroatoms. The molecule has 0 bridgehead atoms. The molecule has 0 amide bonds. The van der Waals surface area contributed by atoms with Gasteiger partial charge >= 0.3 is 6.18 Å². The van der Waals surface area contributed by atoms with Gasteiger partial charge in [-0.3, -0.25) is 0 Å². The van der Waals surface area contributed by atoms with Crippen LogP contribution in [0, 0.1) is 6.92 Å². The Morgan fingerprint density at radius 3 is 2.36 bits per heavy atom. The Labute approximate surface area is 77.5 Å². The van der Waals surface area contributed by atoms with Gasteiger partial charge in [-0.25, -0.2) is 5.26 Å². The molecule has 14 heavy (non-hydrogen) atoms. The van der Waals surface area contributed by atoms with Gasteiger partial charge in [0.25, 0.3) is 0 Å². The minimum Gasteiger partial charge on any atom is -0.308 e. The summed E-state index contributed by atoms with van der Waals surface area (Å²) in [7, 11) is 0. The van der Waals surface area contributed by atoms with Gasteiger partial charge in [-0.15, -0.1) is 0 Å². The second-order valence-electron chi connectivity index (χ2n) is 2.64. The maximum atomic E-state index is 12.2. The van der Waals surface area contributed by atoms with E-state index in [1.54, 1.807) is 0 Å². The van der Waals surface area contributed by atoms with Crippen LogP contribution in [0.1, 0.15) is 11.1 Å². The lowest BCUT2D eigenvalue weighted by Gasteiger charge is -2.09. The van der Waals surface area contributed by atoms with Gasteiger partial charge in [0.1, 0.15) is 0 Å². The molecule has 0 aliphatic carbocycles. The summed E-state index contributed by atoms with van der Waals surface area (Å²) >= 11 is 0. The highest BCUT2D eigenvalue weighted by Crippen LogP contribution is 2.32. The molecule has 0 spiro atoms. The molecular weight excluding hydrogens is 201 g/mol. The molecule has 1 rings (SSSR count). The number of hydrogen-bond acceptors (Lipinski definition) is 3. The molecule has 0 saturated carbocycles. The van der Waals surface area contributed by atoms with Crippen molar-refractivity contribution in [2.45, 2.75) is 13.1 Å². The van der Waals surface area contributed by atoms with E-state index in [0.29, 0.717) is 0 Å². The SMILES string of the molecule is Cc1cc(C(F)(F)F)ccc1OOO. The van der Waals surface area contributed by atoms with E-state index in [-0.39, 0.29) is 11.3 Å². The van der Waals surface area contributed by atoms with E-state index in [2.05, 4.69) is 9.93 Å². The molecule has 0 unspecified atom stereocenters. The van der Waals surface area contributed by atoms with Crippen LogP contribution in [0.2, 0.25) is 0 Å². The lowest BCUT2D eigenvalue weighted by atomic mass is 10.1. The van der Waals surface area contributed by atoms with Crippen LogP contribution in [0.3, 0.4) is 0 Å². The Morgan fingerprint density at radius 2 is 1.93 bits per heavy atom. The van der Waals surface area contributed by atoms with Gasteiger partial charge in [0.05, 0.1) is 5.56 Å². The van der Waals surface area contributed by atoms with Crippen LogP contribution in [0.4, 0.5) is 13.2 Å². The molecule has 0 radical (unpaired) electrons. The van der Waals surface area contributed by atoms with Crippen LogP contribution >= 0.6 is 0 Å². The monoisotopic (exact) mass is 208 g/mol. The maximum absolute atomic E-state index is 12.2. The molecule has 0 heterocycles. The first kappa shape index (κ1) is 10.8. The van der Waals surface area contributed by atoms with E-state index >= 15 is 0 Å². The van der Waals surface area contributed by atoms with Gasteiger partial charge in [0.2, 0.25) is 0 Å². The van der Waals surface area contributed by atoms with Crippen molar-refractivity contribution >= 4 is 0 Å². The van der Waals surface area contributed by atoms with Crippen molar-refractivity contribution < 1.29 is 28.4 Å². The molecule has 78 valence electrons. The normalized spacial score (nSPS) is 11.5. The number of benzene rings is 1. The zero-order valence-electron chi connectivity index (χ0n) is 7.13. The van der Waals surface area contributed by atoms with Gasteiger partial charge in [-0.2, -0.15) is 13.2 Å². The van der Waals surface area contributed by atoms with Crippen LogP contribution in [0.5, 0.6) is 5.75 Å². The first-order valence-corrected chi connectivity index (χ1v) is 3.61. The standard InChI is InChI=1S/C8H7F3O3/c1-5-4-6(8(9,10)11)2-3-7(5)13-14-12/h2-4,12H,1H3. The molecular formula is C8H7F3O3. The highest BCUT2D eigenvalue weighted by Gasteiger charge is 2.30. The minimum absolute atomic E-state index is 0.0282. The molecule has 0 aliphatic heterocycles. The third-order valence-corrected chi connectivity index (χ3v) is 1.63. The summed E-state index contributed by atoms with van der Waals surface area (Å²) in [5, 5.41) is 11.3. The minimum atomic E-state index is -4.39. The quantitative estimate of drug-likeness (QED) is 0.599. The van der Waals surface area contributed by atoms with Crippen molar-refractivity contribution in [3.63, 3.8) is 0 Å². The number of halogens is 3. The first-order valence-electron chi connectivity index (χ1n) is 3.61. The van der Waals surface area contributed by atoms with Gasteiger partial charge in [0, 0.05) is 0 Å². The highest BCUT2D eigenvalue weighted by molar-refractivity contribution is 5.36. The van der Waals surface area contributed by atoms with Crippen LogP contribution in [-0.4, -0.2) is 5.26 Å². The van der Waals surface area contributed by atoms with Crippen molar-refractivity contribution in [1.29, 1.82) is 0 Å². The molecule has 0 fully saturated rings. The zero-order chi connectivity index (χ0) is 10.8. The molecule has 1 aromatic carbocycles. The van der Waals surface area contributed by atoms with Crippen molar-refractivity contribution in [3.05, 3.63) is 29.3 Å². The van der Waals surface area contributed by atoms with Crippen LogP contribution in [0.25, 0.3) is 0 Å². The predicted molar refractivity (Wildman–Crippen MR) is 40.5 cm³/mol. The largest absolute Gasteiger partial charge is 0.416 e.